The van der Waals surface area contributed by atoms with Gasteiger partial charge in [0.05, 0.1) is 22.1 Å². The third-order valence-corrected chi connectivity index (χ3v) is 9.45. The van der Waals surface area contributed by atoms with E-state index in [1.165, 1.54) is 24.8 Å². The van der Waals surface area contributed by atoms with Crippen molar-refractivity contribution in [2.75, 3.05) is 0 Å². The highest BCUT2D eigenvalue weighted by Gasteiger charge is 2.22. The van der Waals surface area contributed by atoms with Gasteiger partial charge in [0.1, 0.15) is 13.1 Å². The van der Waals surface area contributed by atoms with Crippen molar-refractivity contribution in [3.8, 4) is 0 Å². The number of hydrogen-bond donors (Lipinski definition) is 0. The molecule has 2 aromatic heterocycles. The van der Waals surface area contributed by atoms with Crippen molar-refractivity contribution in [1.29, 1.82) is 0 Å². The van der Waals surface area contributed by atoms with Crippen LogP contribution in [-0.4, -0.2) is 36.3 Å². The molecule has 1 saturated carbocycles. The van der Waals surface area contributed by atoms with Gasteiger partial charge in [-0.2, -0.15) is 0 Å². The number of rotatable bonds is 9. The molecule has 1 fully saturated rings. The molecule has 0 radical (unpaired) electrons. The molecule has 0 N–H and O–H groups in total. The summed E-state index contributed by atoms with van der Waals surface area (Å²) in [5, 5.41) is 2.00. The minimum atomic E-state index is -0.611. The molecule has 0 aliphatic heterocycles. The van der Waals surface area contributed by atoms with Crippen molar-refractivity contribution < 1.29 is 14.3 Å². The summed E-state index contributed by atoms with van der Waals surface area (Å²) in [6.07, 6.45) is 6.03. The van der Waals surface area contributed by atoms with E-state index in [9.17, 15) is 9.59 Å². The molecular formula is C31H30N4O3S2. The zero-order chi connectivity index (χ0) is 27.3. The number of hydrogen-bond acceptors (Lipinski definition) is 7. The second-order valence-corrected chi connectivity index (χ2v) is 12.1. The van der Waals surface area contributed by atoms with Gasteiger partial charge in [-0.3, -0.25) is 0 Å². The van der Waals surface area contributed by atoms with E-state index in [0.29, 0.717) is 16.2 Å². The number of para-hydroxylation sites is 4. The van der Waals surface area contributed by atoms with Crippen molar-refractivity contribution in [2.45, 2.75) is 66.5 Å². The number of fused-ring (bicyclic) bond motifs is 2. The van der Waals surface area contributed by atoms with E-state index >= 15 is 0 Å². The van der Waals surface area contributed by atoms with Gasteiger partial charge in [0.2, 0.25) is 0 Å². The first kappa shape index (κ1) is 26.7. The summed E-state index contributed by atoms with van der Waals surface area (Å²) in [6.45, 7) is -0.167. The normalized spacial score (nSPS) is 14.1. The van der Waals surface area contributed by atoms with Gasteiger partial charge >= 0.3 is 11.9 Å². The zero-order valence-corrected chi connectivity index (χ0v) is 23.7. The molecule has 0 bridgehead atoms. The number of carbonyl (C=O) groups is 2. The van der Waals surface area contributed by atoms with Crippen LogP contribution in [0, 0.1) is 0 Å². The Morgan fingerprint density at radius 1 is 0.725 bits per heavy atom. The van der Waals surface area contributed by atoms with Gasteiger partial charge < -0.3 is 13.9 Å². The lowest BCUT2D eigenvalue weighted by Crippen LogP contribution is -2.22. The standard InChI is InChI=1S/C31H30N4O3S2/c36-28(19-34-26-17-9-7-15-24(26)32-30(34)39-21-22-11-3-1-4-12-22)38-29(37)20-35-27-18-10-8-16-25(27)33-31(35)40-23-13-5-2-6-14-23/h1,3-4,7-12,15-18,23H,2,5-6,13-14,19-21H2. The first-order valence-electron chi connectivity index (χ1n) is 13.6. The molecule has 5 aromatic rings. The lowest BCUT2D eigenvalue weighted by atomic mass is 10.0. The zero-order valence-electron chi connectivity index (χ0n) is 22.1. The van der Waals surface area contributed by atoms with Crippen LogP contribution in [0.25, 0.3) is 22.1 Å². The topological polar surface area (TPSA) is 79.0 Å². The highest BCUT2D eigenvalue weighted by atomic mass is 32.2. The summed E-state index contributed by atoms with van der Waals surface area (Å²) in [5.41, 5.74) is 4.49. The minimum Gasteiger partial charge on any atom is -0.390 e. The van der Waals surface area contributed by atoms with E-state index in [4.69, 9.17) is 14.7 Å². The van der Waals surface area contributed by atoms with Crippen LogP contribution in [0.2, 0.25) is 0 Å². The first-order valence-corrected chi connectivity index (χ1v) is 15.5. The molecule has 1 aliphatic carbocycles. The van der Waals surface area contributed by atoms with E-state index in [-0.39, 0.29) is 13.1 Å². The van der Waals surface area contributed by atoms with Crippen molar-refractivity contribution in [2.24, 2.45) is 0 Å². The van der Waals surface area contributed by atoms with Crippen LogP contribution >= 0.6 is 23.5 Å². The van der Waals surface area contributed by atoms with Gasteiger partial charge in [0, 0.05) is 11.0 Å². The van der Waals surface area contributed by atoms with Crippen molar-refractivity contribution in [3.63, 3.8) is 0 Å². The maximum absolute atomic E-state index is 13.1. The Balaban J connectivity index is 1.17. The summed E-state index contributed by atoms with van der Waals surface area (Å²) < 4.78 is 9.08. The molecule has 40 heavy (non-hydrogen) atoms. The fraction of sp³-hybridized carbons (Fsp3) is 0.290. The Bertz CT molecular complexity index is 1640. The summed E-state index contributed by atoms with van der Waals surface area (Å²) in [7, 11) is 0. The smallest absolute Gasteiger partial charge is 0.333 e. The summed E-state index contributed by atoms with van der Waals surface area (Å²) in [5.74, 6) is -0.491. The number of imidazole rings is 2. The number of aromatic nitrogens is 4. The predicted molar refractivity (Wildman–Crippen MR) is 159 cm³/mol. The van der Waals surface area contributed by atoms with Gasteiger partial charge in [-0.1, -0.05) is 97.4 Å². The highest BCUT2D eigenvalue weighted by molar-refractivity contribution is 7.99. The largest absolute Gasteiger partial charge is 0.390 e. The average molecular weight is 571 g/mol. The number of carbonyl (C=O) groups excluding carboxylic acids is 2. The van der Waals surface area contributed by atoms with Crippen LogP contribution < -0.4 is 0 Å². The molecule has 9 heteroatoms. The summed E-state index contributed by atoms with van der Waals surface area (Å²) in [4.78, 5) is 35.7. The molecule has 0 amide bonds. The third kappa shape index (κ3) is 6.10. The molecule has 7 nitrogen and oxygen atoms in total. The Hall–Kier alpha value is -3.56. The SMILES string of the molecule is O=C(Cn1c(SCc2ccccc2)nc2ccccc21)OC(=O)Cn1c(SC2CCCCC2)nc2ccccc21. The van der Waals surface area contributed by atoms with Gasteiger partial charge in [-0.05, 0) is 42.7 Å². The fourth-order valence-corrected chi connectivity index (χ4v) is 7.39. The van der Waals surface area contributed by atoms with Crippen LogP contribution in [0.4, 0.5) is 0 Å². The molecule has 2 heterocycles. The maximum Gasteiger partial charge on any atom is 0.333 e. The second-order valence-electron chi connectivity index (χ2n) is 9.94. The van der Waals surface area contributed by atoms with Crippen molar-refractivity contribution in [3.05, 3.63) is 84.4 Å². The monoisotopic (exact) mass is 570 g/mol. The molecule has 1 aliphatic rings. The summed E-state index contributed by atoms with van der Waals surface area (Å²) in [6, 6.07) is 25.6. The molecule has 0 atom stereocenters. The number of benzene rings is 3. The van der Waals surface area contributed by atoms with Crippen LogP contribution in [0.3, 0.4) is 0 Å². The van der Waals surface area contributed by atoms with Gasteiger partial charge in [-0.25, -0.2) is 19.6 Å². The van der Waals surface area contributed by atoms with Crippen LogP contribution in [-0.2, 0) is 33.2 Å². The third-order valence-electron chi connectivity index (χ3n) is 7.08. The number of esters is 2. The van der Waals surface area contributed by atoms with E-state index < -0.39 is 11.9 Å². The van der Waals surface area contributed by atoms with E-state index in [1.807, 2.05) is 75.9 Å². The number of nitrogens with zero attached hydrogens (tertiary/aromatic N) is 4. The highest BCUT2D eigenvalue weighted by Crippen LogP contribution is 2.35. The fourth-order valence-electron chi connectivity index (χ4n) is 5.12. The Morgan fingerprint density at radius 2 is 1.27 bits per heavy atom. The maximum atomic E-state index is 13.1. The van der Waals surface area contributed by atoms with E-state index in [0.717, 1.165) is 40.1 Å². The Labute approximate surface area is 241 Å². The molecule has 6 rings (SSSR count). The quantitative estimate of drug-likeness (QED) is 0.109. The predicted octanol–water partition coefficient (Wildman–Crippen LogP) is 6.87. The first-order chi connectivity index (χ1) is 19.6. The molecule has 0 saturated heterocycles. The molecular weight excluding hydrogens is 541 g/mol. The minimum absolute atomic E-state index is 0.0679. The molecule has 3 aromatic carbocycles. The van der Waals surface area contributed by atoms with Gasteiger partial charge in [0.15, 0.2) is 10.3 Å². The summed E-state index contributed by atoms with van der Waals surface area (Å²) >= 11 is 3.29. The van der Waals surface area contributed by atoms with Crippen LogP contribution in [0.1, 0.15) is 37.7 Å². The van der Waals surface area contributed by atoms with E-state index in [2.05, 4.69) is 12.1 Å². The second kappa shape index (κ2) is 12.3. The van der Waals surface area contributed by atoms with E-state index in [1.54, 1.807) is 23.5 Å². The lowest BCUT2D eigenvalue weighted by Gasteiger charge is -2.20. The molecule has 204 valence electrons. The average Bonchev–Trinajstić information content (AvgIpc) is 3.50. The van der Waals surface area contributed by atoms with Crippen molar-refractivity contribution >= 4 is 57.5 Å². The van der Waals surface area contributed by atoms with Crippen molar-refractivity contribution in [1.82, 2.24) is 19.1 Å². The lowest BCUT2D eigenvalue weighted by molar-refractivity contribution is -0.160. The number of ether oxygens (including phenoxy) is 1. The molecule has 0 unspecified atom stereocenters. The Morgan fingerprint density at radius 3 is 1.93 bits per heavy atom. The van der Waals surface area contributed by atoms with Gasteiger partial charge in [-0.15, -0.1) is 0 Å². The number of thioether (sulfide) groups is 2. The van der Waals surface area contributed by atoms with Crippen LogP contribution in [0.15, 0.2) is 89.2 Å². The van der Waals surface area contributed by atoms with Gasteiger partial charge in [0.25, 0.3) is 0 Å². The molecule has 0 spiro atoms. The van der Waals surface area contributed by atoms with Crippen LogP contribution in [0.5, 0.6) is 0 Å². The Kier molecular flexibility index (Phi) is 8.20.